The highest BCUT2D eigenvalue weighted by atomic mass is 15.0. The number of hydrogen-bond donors (Lipinski definition) is 2. The molecule has 0 fully saturated rings. The zero-order valence-corrected chi connectivity index (χ0v) is 6.49. The number of rotatable bonds is 2. The molecule has 0 aliphatic rings. The number of aromatic amines is 1. The summed E-state index contributed by atoms with van der Waals surface area (Å²) in [6.45, 7) is 0.588. The van der Waals surface area contributed by atoms with Crippen molar-refractivity contribution < 1.29 is 0 Å². The molecular formula is C7H9N5. The molecule has 2 aromatic rings. The van der Waals surface area contributed by atoms with Crippen molar-refractivity contribution in [3.8, 4) is 0 Å². The zero-order chi connectivity index (χ0) is 8.39. The molecule has 12 heavy (non-hydrogen) atoms. The van der Waals surface area contributed by atoms with Crippen molar-refractivity contribution in [3.63, 3.8) is 0 Å². The molecule has 2 rings (SSSR count). The van der Waals surface area contributed by atoms with Crippen LogP contribution in [0.1, 0.15) is 5.69 Å². The Balaban J connectivity index is 2.57. The van der Waals surface area contributed by atoms with Gasteiger partial charge in [-0.3, -0.25) is 0 Å². The Morgan fingerprint density at radius 2 is 2.25 bits per heavy atom. The highest BCUT2D eigenvalue weighted by molar-refractivity contribution is 5.71. The molecule has 0 aliphatic carbocycles. The van der Waals surface area contributed by atoms with E-state index in [2.05, 4.69) is 19.9 Å². The Hall–Kier alpha value is -1.49. The summed E-state index contributed by atoms with van der Waals surface area (Å²) >= 11 is 0. The van der Waals surface area contributed by atoms with Crippen LogP contribution in [0.5, 0.6) is 0 Å². The molecule has 0 amide bonds. The third-order valence-corrected chi connectivity index (χ3v) is 1.68. The van der Waals surface area contributed by atoms with Gasteiger partial charge < -0.3 is 10.7 Å². The van der Waals surface area contributed by atoms with Crippen LogP contribution in [0, 0.1) is 0 Å². The average Bonchev–Trinajstić information content (AvgIpc) is 2.53. The topological polar surface area (TPSA) is 80.5 Å². The van der Waals surface area contributed by atoms with E-state index in [-0.39, 0.29) is 0 Å². The number of imidazole rings is 1. The maximum atomic E-state index is 5.43. The first-order valence-electron chi connectivity index (χ1n) is 3.75. The number of fused-ring (bicyclic) bond motifs is 1. The normalized spacial score (nSPS) is 10.8. The number of hydrogen-bond acceptors (Lipinski definition) is 4. The molecule has 2 heterocycles. The van der Waals surface area contributed by atoms with Crippen LogP contribution in [0.15, 0.2) is 12.7 Å². The molecule has 62 valence electrons. The van der Waals surface area contributed by atoms with E-state index < -0.39 is 0 Å². The molecule has 0 atom stereocenters. The maximum Gasteiger partial charge on any atom is 0.180 e. The molecule has 0 bridgehead atoms. The van der Waals surface area contributed by atoms with E-state index in [0.717, 1.165) is 17.6 Å². The summed E-state index contributed by atoms with van der Waals surface area (Å²) < 4.78 is 0. The maximum absolute atomic E-state index is 5.43. The lowest BCUT2D eigenvalue weighted by atomic mass is 10.3. The number of nitrogens with two attached hydrogens (primary N) is 1. The summed E-state index contributed by atoms with van der Waals surface area (Å²) in [7, 11) is 0. The van der Waals surface area contributed by atoms with E-state index in [1.54, 1.807) is 6.33 Å². The minimum absolute atomic E-state index is 0.588. The lowest BCUT2D eigenvalue weighted by Crippen LogP contribution is -2.05. The summed E-state index contributed by atoms with van der Waals surface area (Å²) in [5.74, 6) is 0. The molecule has 5 nitrogen and oxygen atoms in total. The Kier molecular flexibility index (Phi) is 1.71. The van der Waals surface area contributed by atoms with E-state index in [0.29, 0.717) is 12.2 Å². The van der Waals surface area contributed by atoms with Crippen LogP contribution in [0.4, 0.5) is 0 Å². The second kappa shape index (κ2) is 2.86. The second-order valence-corrected chi connectivity index (χ2v) is 2.46. The van der Waals surface area contributed by atoms with Gasteiger partial charge in [-0.25, -0.2) is 15.0 Å². The van der Waals surface area contributed by atoms with Crippen molar-refractivity contribution in [1.82, 2.24) is 19.9 Å². The highest BCUT2D eigenvalue weighted by Gasteiger charge is 2.03. The first kappa shape index (κ1) is 7.17. The Bertz CT molecular complexity index is 380. The summed E-state index contributed by atoms with van der Waals surface area (Å²) in [6.07, 6.45) is 3.87. The number of H-pyrrole nitrogens is 1. The van der Waals surface area contributed by atoms with E-state index in [9.17, 15) is 0 Å². The van der Waals surface area contributed by atoms with Crippen molar-refractivity contribution in [2.24, 2.45) is 5.73 Å². The Labute approximate surface area is 69.1 Å². The third kappa shape index (κ3) is 1.04. The van der Waals surface area contributed by atoms with Crippen molar-refractivity contribution in [3.05, 3.63) is 18.3 Å². The number of nitrogens with one attached hydrogen (secondary N) is 1. The molecule has 0 unspecified atom stereocenters. The van der Waals surface area contributed by atoms with Gasteiger partial charge in [-0.2, -0.15) is 0 Å². The predicted molar refractivity (Wildman–Crippen MR) is 44.4 cm³/mol. The van der Waals surface area contributed by atoms with Gasteiger partial charge in [0.1, 0.15) is 11.8 Å². The lowest BCUT2D eigenvalue weighted by Gasteiger charge is -1.96. The second-order valence-electron chi connectivity index (χ2n) is 2.46. The van der Waals surface area contributed by atoms with Crippen molar-refractivity contribution >= 4 is 11.2 Å². The Morgan fingerprint density at radius 3 is 3.08 bits per heavy atom. The van der Waals surface area contributed by atoms with Crippen molar-refractivity contribution in [1.29, 1.82) is 0 Å². The van der Waals surface area contributed by atoms with Gasteiger partial charge in [0.05, 0.1) is 12.0 Å². The van der Waals surface area contributed by atoms with Crippen LogP contribution in [0.3, 0.4) is 0 Å². The molecule has 0 aromatic carbocycles. The molecule has 0 spiro atoms. The molecule has 0 saturated carbocycles. The summed E-state index contributed by atoms with van der Waals surface area (Å²) in [5, 5.41) is 0. The van der Waals surface area contributed by atoms with E-state index in [1.807, 2.05) is 0 Å². The van der Waals surface area contributed by atoms with Gasteiger partial charge in [0.2, 0.25) is 0 Å². The van der Waals surface area contributed by atoms with Crippen LogP contribution in [0.2, 0.25) is 0 Å². The van der Waals surface area contributed by atoms with Gasteiger partial charge in [-0.05, 0) is 6.54 Å². The van der Waals surface area contributed by atoms with Gasteiger partial charge in [-0.15, -0.1) is 0 Å². The fourth-order valence-electron chi connectivity index (χ4n) is 1.14. The zero-order valence-electron chi connectivity index (χ0n) is 6.49. The van der Waals surface area contributed by atoms with Crippen molar-refractivity contribution in [2.75, 3.05) is 6.54 Å². The summed E-state index contributed by atoms with van der Waals surface area (Å²) in [6, 6.07) is 0. The van der Waals surface area contributed by atoms with Gasteiger partial charge in [0.15, 0.2) is 5.65 Å². The number of aromatic nitrogens is 4. The molecular weight excluding hydrogens is 154 g/mol. The fourth-order valence-corrected chi connectivity index (χ4v) is 1.14. The van der Waals surface area contributed by atoms with Crippen LogP contribution in [-0.2, 0) is 6.42 Å². The summed E-state index contributed by atoms with van der Waals surface area (Å²) in [4.78, 5) is 15.1. The smallest absolute Gasteiger partial charge is 0.180 e. The van der Waals surface area contributed by atoms with E-state index in [1.165, 1.54) is 6.33 Å². The molecule has 5 heteroatoms. The van der Waals surface area contributed by atoms with Crippen LogP contribution < -0.4 is 5.73 Å². The third-order valence-electron chi connectivity index (χ3n) is 1.68. The molecule has 2 aromatic heterocycles. The predicted octanol–water partition coefficient (Wildman–Crippen LogP) is -0.146. The highest BCUT2D eigenvalue weighted by Crippen LogP contribution is 2.08. The van der Waals surface area contributed by atoms with Gasteiger partial charge >= 0.3 is 0 Å². The first-order chi connectivity index (χ1) is 5.92. The molecule has 0 radical (unpaired) electrons. The largest absolute Gasteiger partial charge is 0.342 e. The van der Waals surface area contributed by atoms with Gasteiger partial charge in [-0.1, -0.05) is 0 Å². The van der Waals surface area contributed by atoms with Gasteiger partial charge in [0.25, 0.3) is 0 Å². The molecule has 3 N–H and O–H groups in total. The minimum atomic E-state index is 0.588. The fraction of sp³-hybridized carbons (Fsp3) is 0.286. The summed E-state index contributed by atoms with van der Waals surface area (Å²) in [5.41, 5.74) is 7.95. The Morgan fingerprint density at radius 1 is 1.33 bits per heavy atom. The molecule has 0 saturated heterocycles. The van der Waals surface area contributed by atoms with Crippen LogP contribution >= 0.6 is 0 Å². The van der Waals surface area contributed by atoms with Gasteiger partial charge in [0, 0.05) is 6.42 Å². The SMILES string of the molecule is NCCc1ncnc2nc[nH]c12. The standard InChI is InChI=1S/C7H9N5/c8-2-1-5-6-7(11-3-9-5)12-4-10-6/h3-4H,1-2,8H2,(H,9,10,11,12). The lowest BCUT2D eigenvalue weighted by molar-refractivity contribution is 0.922. The molecule has 0 aliphatic heterocycles. The van der Waals surface area contributed by atoms with Crippen molar-refractivity contribution in [2.45, 2.75) is 6.42 Å². The van der Waals surface area contributed by atoms with Crippen LogP contribution in [0.25, 0.3) is 11.2 Å². The van der Waals surface area contributed by atoms with E-state index in [4.69, 9.17) is 5.73 Å². The van der Waals surface area contributed by atoms with Crippen LogP contribution in [-0.4, -0.2) is 26.5 Å². The van der Waals surface area contributed by atoms with E-state index >= 15 is 0 Å². The average molecular weight is 163 g/mol. The monoisotopic (exact) mass is 163 g/mol. The number of nitrogens with zero attached hydrogens (tertiary/aromatic N) is 3. The quantitative estimate of drug-likeness (QED) is 0.645. The minimum Gasteiger partial charge on any atom is -0.342 e. The first-order valence-corrected chi connectivity index (χ1v) is 3.75.